The van der Waals surface area contributed by atoms with Gasteiger partial charge >= 0.3 is 5.97 Å². The number of hydrogen-bond donors (Lipinski definition) is 2. The molecule has 3 aromatic rings. The number of carboxylic acid groups (broad SMARTS) is 1. The van der Waals surface area contributed by atoms with Gasteiger partial charge in [-0.3, -0.25) is 5.10 Å². The van der Waals surface area contributed by atoms with Gasteiger partial charge in [0.2, 0.25) is 0 Å². The first-order valence-electron chi connectivity index (χ1n) is 5.30. The topological polar surface area (TPSA) is 92.0 Å². The van der Waals surface area contributed by atoms with Crippen LogP contribution in [0.25, 0.3) is 22.4 Å². The Labute approximate surface area is 101 Å². The lowest BCUT2D eigenvalue weighted by Gasteiger charge is -1.94. The van der Waals surface area contributed by atoms with Crippen molar-refractivity contribution in [3.63, 3.8) is 0 Å². The van der Waals surface area contributed by atoms with Crippen molar-refractivity contribution in [1.29, 1.82) is 0 Å². The van der Waals surface area contributed by atoms with E-state index in [9.17, 15) is 4.79 Å². The first-order valence-corrected chi connectivity index (χ1v) is 5.30. The Morgan fingerprint density at radius 3 is 2.94 bits per heavy atom. The van der Waals surface area contributed by atoms with Gasteiger partial charge in [-0.15, -0.1) is 0 Å². The van der Waals surface area contributed by atoms with Crippen LogP contribution in [0.2, 0.25) is 0 Å². The zero-order valence-corrected chi connectivity index (χ0v) is 9.47. The standard InChI is InChI=1S/C12H9N3O3/c1-6-13-9-4-7(2-3-11(9)18-6)8-5-10(12(16)17)15-14-8/h2-5H,1H3,(H,14,15)(H,16,17). The molecule has 0 radical (unpaired) electrons. The van der Waals surface area contributed by atoms with Crippen molar-refractivity contribution in [2.75, 3.05) is 0 Å². The number of aromatic nitrogens is 3. The van der Waals surface area contributed by atoms with Crippen LogP contribution in [0.15, 0.2) is 28.7 Å². The van der Waals surface area contributed by atoms with Gasteiger partial charge in [0.15, 0.2) is 11.5 Å². The van der Waals surface area contributed by atoms with Crippen LogP contribution in [0.5, 0.6) is 0 Å². The highest BCUT2D eigenvalue weighted by molar-refractivity contribution is 5.87. The van der Waals surface area contributed by atoms with E-state index in [2.05, 4.69) is 15.2 Å². The second kappa shape index (κ2) is 3.69. The summed E-state index contributed by atoms with van der Waals surface area (Å²) in [5.74, 6) is -0.442. The molecule has 0 saturated heterocycles. The molecule has 0 saturated carbocycles. The van der Waals surface area contributed by atoms with Gasteiger partial charge in [0, 0.05) is 12.5 Å². The van der Waals surface area contributed by atoms with Gasteiger partial charge in [0.25, 0.3) is 0 Å². The highest BCUT2D eigenvalue weighted by Crippen LogP contribution is 2.23. The maximum absolute atomic E-state index is 10.8. The van der Waals surface area contributed by atoms with Gasteiger partial charge in [-0.25, -0.2) is 9.78 Å². The Bertz CT molecular complexity index is 742. The molecule has 6 heteroatoms. The van der Waals surface area contributed by atoms with E-state index in [4.69, 9.17) is 9.52 Å². The molecule has 6 nitrogen and oxygen atoms in total. The van der Waals surface area contributed by atoms with Gasteiger partial charge in [0.05, 0.1) is 5.69 Å². The molecular weight excluding hydrogens is 234 g/mol. The lowest BCUT2D eigenvalue weighted by Crippen LogP contribution is -1.95. The van der Waals surface area contributed by atoms with Gasteiger partial charge < -0.3 is 9.52 Å². The van der Waals surface area contributed by atoms with Gasteiger partial charge in [0.1, 0.15) is 11.2 Å². The van der Waals surface area contributed by atoms with Gasteiger partial charge in [-0.05, 0) is 24.3 Å². The van der Waals surface area contributed by atoms with Crippen molar-refractivity contribution in [2.45, 2.75) is 6.92 Å². The Hall–Kier alpha value is -2.63. The molecule has 2 aromatic heterocycles. The first-order chi connectivity index (χ1) is 8.63. The second-order valence-electron chi connectivity index (χ2n) is 3.89. The van der Waals surface area contributed by atoms with Crippen LogP contribution in [0.1, 0.15) is 16.4 Å². The molecule has 0 fully saturated rings. The fraction of sp³-hybridized carbons (Fsp3) is 0.0833. The molecule has 0 aliphatic rings. The average Bonchev–Trinajstić information content (AvgIpc) is 2.91. The third-order valence-corrected chi connectivity index (χ3v) is 2.60. The van der Waals surface area contributed by atoms with Crippen LogP contribution >= 0.6 is 0 Å². The monoisotopic (exact) mass is 243 g/mol. The number of carbonyl (C=O) groups is 1. The number of nitrogens with zero attached hydrogens (tertiary/aromatic N) is 2. The largest absolute Gasteiger partial charge is 0.477 e. The van der Waals surface area contributed by atoms with Crippen LogP contribution in [0.4, 0.5) is 0 Å². The Morgan fingerprint density at radius 1 is 1.39 bits per heavy atom. The number of fused-ring (bicyclic) bond motifs is 1. The predicted molar refractivity (Wildman–Crippen MR) is 63.3 cm³/mol. The van der Waals surface area contributed by atoms with E-state index in [-0.39, 0.29) is 5.69 Å². The van der Waals surface area contributed by atoms with E-state index in [0.717, 1.165) is 11.1 Å². The van der Waals surface area contributed by atoms with Crippen LogP contribution in [0, 0.1) is 6.92 Å². The summed E-state index contributed by atoms with van der Waals surface area (Å²) >= 11 is 0. The molecule has 0 spiro atoms. The van der Waals surface area contributed by atoms with Gasteiger partial charge in [-0.2, -0.15) is 5.10 Å². The number of nitrogens with one attached hydrogen (secondary N) is 1. The number of carboxylic acids is 1. The van der Waals surface area contributed by atoms with Crippen molar-refractivity contribution in [3.8, 4) is 11.3 Å². The molecule has 1 aromatic carbocycles. The number of benzene rings is 1. The highest BCUT2D eigenvalue weighted by atomic mass is 16.4. The summed E-state index contributed by atoms with van der Waals surface area (Å²) in [4.78, 5) is 15.0. The molecule has 0 aliphatic heterocycles. The molecule has 2 heterocycles. The van der Waals surface area contributed by atoms with E-state index < -0.39 is 5.97 Å². The van der Waals surface area contributed by atoms with Crippen LogP contribution in [-0.2, 0) is 0 Å². The normalized spacial score (nSPS) is 10.9. The minimum Gasteiger partial charge on any atom is -0.477 e. The smallest absolute Gasteiger partial charge is 0.353 e. The first kappa shape index (κ1) is 10.5. The number of oxazole rings is 1. The van der Waals surface area contributed by atoms with E-state index in [1.54, 1.807) is 13.0 Å². The van der Waals surface area contributed by atoms with Crippen LogP contribution in [0.3, 0.4) is 0 Å². The summed E-state index contributed by atoms with van der Waals surface area (Å²) in [6.45, 7) is 1.77. The SMILES string of the molecule is Cc1nc2cc(-c3cc(C(=O)O)[nH]n3)ccc2o1. The Kier molecular flexibility index (Phi) is 2.16. The van der Waals surface area contributed by atoms with E-state index in [0.29, 0.717) is 17.2 Å². The lowest BCUT2D eigenvalue weighted by molar-refractivity contribution is 0.0690. The zero-order valence-electron chi connectivity index (χ0n) is 9.47. The van der Waals surface area contributed by atoms with Crippen molar-refractivity contribution in [3.05, 3.63) is 35.9 Å². The molecule has 2 N–H and O–H groups in total. The second-order valence-corrected chi connectivity index (χ2v) is 3.89. The highest BCUT2D eigenvalue weighted by Gasteiger charge is 2.10. The van der Waals surface area contributed by atoms with E-state index >= 15 is 0 Å². The predicted octanol–water partition coefficient (Wildman–Crippen LogP) is 2.22. The minimum atomic E-state index is -1.04. The summed E-state index contributed by atoms with van der Waals surface area (Å²) in [5, 5.41) is 15.2. The molecule has 0 atom stereocenters. The number of hydrogen-bond acceptors (Lipinski definition) is 4. The number of aryl methyl sites for hydroxylation is 1. The number of aromatic amines is 1. The summed E-state index contributed by atoms with van der Waals surface area (Å²) < 4.78 is 5.37. The Balaban J connectivity index is 2.09. The zero-order chi connectivity index (χ0) is 12.7. The third-order valence-electron chi connectivity index (χ3n) is 2.60. The molecule has 0 bridgehead atoms. The quantitative estimate of drug-likeness (QED) is 0.720. The number of aromatic carboxylic acids is 1. The maximum Gasteiger partial charge on any atom is 0.353 e. The number of H-pyrrole nitrogens is 1. The summed E-state index contributed by atoms with van der Waals surface area (Å²) in [6, 6.07) is 6.90. The van der Waals surface area contributed by atoms with E-state index in [1.165, 1.54) is 6.07 Å². The molecule has 18 heavy (non-hydrogen) atoms. The van der Waals surface area contributed by atoms with Crippen molar-refractivity contribution in [2.24, 2.45) is 0 Å². The third kappa shape index (κ3) is 1.64. The summed E-state index contributed by atoms with van der Waals surface area (Å²) in [5.41, 5.74) is 2.84. The average molecular weight is 243 g/mol. The van der Waals surface area contributed by atoms with Crippen molar-refractivity contribution < 1.29 is 14.3 Å². The Morgan fingerprint density at radius 2 is 2.22 bits per heavy atom. The summed E-state index contributed by atoms with van der Waals surface area (Å²) in [6.07, 6.45) is 0. The molecule has 90 valence electrons. The van der Waals surface area contributed by atoms with Crippen molar-refractivity contribution in [1.82, 2.24) is 15.2 Å². The molecular formula is C12H9N3O3. The van der Waals surface area contributed by atoms with Gasteiger partial charge in [-0.1, -0.05) is 0 Å². The fourth-order valence-electron chi connectivity index (χ4n) is 1.78. The molecule has 0 amide bonds. The molecule has 0 unspecified atom stereocenters. The minimum absolute atomic E-state index is 0.0569. The summed E-state index contributed by atoms with van der Waals surface area (Å²) in [7, 11) is 0. The maximum atomic E-state index is 10.8. The van der Waals surface area contributed by atoms with Crippen molar-refractivity contribution >= 4 is 17.1 Å². The van der Waals surface area contributed by atoms with Crippen LogP contribution in [-0.4, -0.2) is 26.3 Å². The molecule has 3 rings (SSSR count). The van der Waals surface area contributed by atoms with Crippen LogP contribution < -0.4 is 0 Å². The lowest BCUT2D eigenvalue weighted by atomic mass is 10.1. The van der Waals surface area contributed by atoms with E-state index in [1.807, 2.05) is 12.1 Å². The number of rotatable bonds is 2. The molecule has 0 aliphatic carbocycles. The fourth-order valence-corrected chi connectivity index (χ4v) is 1.78.